The monoisotopic (exact) mass is 261 g/mol. The van der Waals surface area contributed by atoms with Gasteiger partial charge in [-0.3, -0.25) is 0 Å². The maximum atomic E-state index is 5.66. The molecule has 0 aliphatic rings. The number of benzene rings is 1. The molecule has 1 aromatic heterocycles. The largest absolute Gasteiger partial charge is 0.497 e. The van der Waals surface area contributed by atoms with E-state index in [-0.39, 0.29) is 0 Å². The molecule has 102 valence electrons. The Bertz CT molecular complexity index is 542. The van der Waals surface area contributed by atoms with Gasteiger partial charge in [-0.2, -0.15) is 0 Å². The second kappa shape index (κ2) is 5.75. The molecule has 0 bridgehead atoms. The first-order valence-electron chi connectivity index (χ1n) is 6.13. The van der Waals surface area contributed by atoms with Gasteiger partial charge in [0.2, 0.25) is 0 Å². The normalized spacial score (nSPS) is 10.5. The van der Waals surface area contributed by atoms with Gasteiger partial charge >= 0.3 is 0 Å². The van der Waals surface area contributed by atoms with Crippen LogP contribution in [0.1, 0.15) is 5.69 Å². The predicted molar refractivity (Wildman–Crippen MR) is 74.5 cm³/mol. The molecule has 2 aromatic rings. The van der Waals surface area contributed by atoms with Crippen molar-refractivity contribution in [2.45, 2.75) is 6.42 Å². The van der Waals surface area contributed by atoms with Gasteiger partial charge in [-0.15, -0.1) is 0 Å². The van der Waals surface area contributed by atoms with Crippen molar-refractivity contribution in [1.82, 2.24) is 9.55 Å². The number of nitrogens with zero attached hydrogens (tertiary/aromatic N) is 2. The van der Waals surface area contributed by atoms with Gasteiger partial charge in [0.05, 0.1) is 26.2 Å². The fraction of sp³-hybridized carbons (Fsp3) is 0.357. The lowest BCUT2D eigenvalue weighted by Gasteiger charge is -2.09. The summed E-state index contributed by atoms with van der Waals surface area (Å²) in [5.74, 6) is 1.50. The summed E-state index contributed by atoms with van der Waals surface area (Å²) in [6.45, 7) is 0.591. The lowest BCUT2D eigenvalue weighted by atomic mass is 10.1. The van der Waals surface area contributed by atoms with E-state index in [2.05, 4.69) is 4.98 Å². The molecular weight excluding hydrogens is 242 g/mol. The number of aryl methyl sites for hydroxylation is 1. The van der Waals surface area contributed by atoms with E-state index in [1.165, 1.54) is 0 Å². The first-order valence-corrected chi connectivity index (χ1v) is 6.13. The second-order valence-electron chi connectivity index (χ2n) is 4.29. The Morgan fingerprint density at radius 2 is 1.79 bits per heavy atom. The summed E-state index contributed by atoms with van der Waals surface area (Å²) >= 11 is 0. The third kappa shape index (κ3) is 2.71. The molecule has 19 heavy (non-hydrogen) atoms. The van der Waals surface area contributed by atoms with Gasteiger partial charge in [-0.25, -0.2) is 4.98 Å². The number of hydrogen-bond donors (Lipinski definition) is 1. The highest BCUT2D eigenvalue weighted by molar-refractivity contribution is 5.66. The quantitative estimate of drug-likeness (QED) is 0.888. The molecule has 1 aromatic carbocycles. The average molecular weight is 261 g/mol. The molecule has 5 heteroatoms. The van der Waals surface area contributed by atoms with E-state index < -0.39 is 0 Å². The number of rotatable bonds is 5. The molecule has 0 saturated carbocycles. The molecule has 5 nitrogen and oxygen atoms in total. The summed E-state index contributed by atoms with van der Waals surface area (Å²) in [5, 5.41) is 0. The Morgan fingerprint density at radius 1 is 1.16 bits per heavy atom. The molecule has 1 heterocycles. The Balaban J connectivity index is 2.51. The van der Waals surface area contributed by atoms with Gasteiger partial charge < -0.3 is 19.8 Å². The van der Waals surface area contributed by atoms with Crippen LogP contribution in [0.5, 0.6) is 11.5 Å². The van der Waals surface area contributed by atoms with Crippen LogP contribution in [0.2, 0.25) is 0 Å². The van der Waals surface area contributed by atoms with E-state index in [9.17, 15) is 0 Å². The van der Waals surface area contributed by atoms with Gasteiger partial charge in [0, 0.05) is 30.8 Å². The van der Waals surface area contributed by atoms with Crippen LogP contribution in [0.15, 0.2) is 24.5 Å². The SMILES string of the molecule is COc1cc(OC)cc(-c2ncn(C)c2CCN)c1. The lowest BCUT2D eigenvalue weighted by molar-refractivity contribution is 0.394. The number of hydrogen-bond acceptors (Lipinski definition) is 4. The van der Waals surface area contributed by atoms with Crippen molar-refractivity contribution >= 4 is 0 Å². The number of ether oxygens (including phenoxy) is 2. The third-order valence-electron chi connectivity index (χ3n) is 3.07. The summed E-state index contributed by atoms with van der Waals surface area (Å²) in [6, 6.07) is 5.74. The van der Waals surface area contributed by atoms with Crippen LogP contribution in [-0.2, 0) is 13.5 Å². The van der Waals surface area contributed by atoms with Crippen LogP contribution in [0.3, 0.4) is 0 Å². The predicted octanol–water partition coefficient (Wildman–Crippen LogP) is 1.61. The molecule has 0 unspecified atom stereocenters. The Kier molecular flexibility index (Phi) is 4.06. The van der Waals surface area contributed by atoms with Gasteiger partial charge in [-0.05, 0) is 18.7 Å². The number of imidazole rings is 1. The van der Waals surface area contributed by atoms with E-state index in [4.69, 9.17) is 15.2 Å². The van der Waals surface area contributed by atoms with Crippen molar-refractivity contribution in [3.63, 3.8) is 0 Å². The third-order valence-corrected chi connectivity index (χ3v) is 3.07. The van der Waals surface area contributed by atoms with Gasteiger partial charge in [0.25, 0.3) is 0 Å². The Morgan fingerprint density at radius 3 is 2.32 bits per heavy atom. The zero-order valence-corrected chi connectivity index (χ0v) is 11.5. The van der Waals surface area contributed by atoms with E-state index in [1.54, 1.807) is 20.5 Å². The topological polar surface area (TPSA) is 62.3 Å². The molecule has 0 saturated heterocycles. The highest BCUT2D eigenvalue weighted by Crippen LogP contribution is 2.30. The van der Waals surface area contributed by atoms with Crippen molar-refractivity contribution in [3.05, 3.63) is 30.2 Å². The molecule has 0 aliphatic carbocycles. The zero-order chi connectivity index (χ0) is 13.8. The molecule has 0 fully saturated rings. The van der Waals surface area contributed by atoms with E-state index in [0.717, 1.165) is 34.9 Å². The van der Waals surface area contributed by atoms with Crippen LogP contribution in [-0.4, -0.2) is 30.3 Å². The Labute approximate surface area is 113 Å². The van der Waals surface area contributed by atoms with Crippen molar-refractivity contribution in [3.8, 4) is 22.8 Å². The summed E-state index contributed by atoms with van der Waals surface area (Å²) in [4.78, 5) is 4.45. The van der Waals surface area contributed by atoms with Crippen molar-refractivity contribution in [2.24, 2.45) is 12.8 Å². The molecular formula is C14H19N3O2. The Hall–Kier alpha value is -2.01. The van der Waals surface area contributed by atoms with Gasteiger partial charge in [0.15, 0.2) is 0 Å². The average Bonchev–Trinajstić information content (AvgIpc) is 2.80. The highest BCUT2D eigenvalue weighted by atomic mass is 16.5. The second-order valence-corrected chi connectivity index (χ2v) is 4.29. The van der Waals surface area contributed by atoms with Crippen molar-refractivity contribution < 1.29 is 9.47 Å². The van der Waals surface area contributed by atoms with Crippen molar-refractivity contribution in [1.29, 1.82) is 0 Å². The lowest BCUT2D eigenvalue weighted by Crippen LogP contribution is -2.07. The zero-order valence-electron chi connectivity index (χ0n) is 11.5. The first-order chi connectivity index (χ1) is 9.19. The molecule has 0 spiro atoms. The van der Waals surface area contributed by atoms with E-state index >= 15 is 0 Å². The standard InChI is InChI=1S/C14H19N3O2/c1-17-9-16-14(13(17)4-5-15)10-6-11(18-2)8-12(7-10)19-3/h6-9H,4-5,15H2,1-3H3. The minimum atomic E-state index is 0.591. The number of aromatic nitrogens is 2. The highest BCUT2D eigenvalue weighted by Gasteiger charge is 2.12. The van der Waals surface area contributed by atoms with E-state index in [1.807, 2.05) is 29.8 Å². The minimum Gasteiger partial charge on any atom is -0.497 e. The fourth-order valence-corrected chi connectivity index (χ4v) is 2.07. The summed E-state index contributed by atoms with van der Waals surface area (Å²) in [6.07, 6.45) is 2.58. The van der Waals surface area contributed by atoms with Crippen LogP contribution < -0.4 is 15.2 Å². The van der Waals surface area contributed by atoms with Crippen LogP contribution in [0.25, 0.3) is 11.3 Å². The molecule has 0 amide bonds. The maximum absolute atomic E-state index is 5.66. The fourth-order valence-electron chi connectivity index (χ4n) is 2.07. The molecule has 0 aliphatic heterocycles. The van der Waals surface area contributed by atoms with Crippen LogP contribution in [0, 0.1) is 0 Å². The maximum Gasteiger partial charge on any atom is 0.123 e. The minimum absolute atomic E-state index is 0.591. The number of nitrogens with two attached hydrogens (primary N) is 1. The smallest absolute Gasteiger partial charge is 0.123 e. The molecule has 0 radical (unpaired) electrons. The first kappa shape index (κ1) is 13.4. The summed E-state index contributed by atoms with van der Waals surface area (Å²) in [5.41, 5.74) is 8.66. The van der Waals surface area contributed by atoms with E-state index in [0.29, 0.717) is 6.54 Å². The van der Waals surface area contributed by atoms with Gasteiger partial charge in [-0.1, -0.05) is 0 Å². The summed E-state index contributed by atoms with van der Waals surface area (Å²) < 4.78 is 12.6. The molecule has 0 atom stereocenters. The molecule has 2 N–H and O–H groups in total. The summed E-state index contributed by atoms with van der Waals surface area (Å²) in [7, 11) is 5.24. The van der Waals surface area contributed by atoms with Crippen LogP contribution >= 0.6 is 0 Å². The molecule has 2 rings (SSSR count). The van der Waals surface area contributed by atoms with Gasteiger partial charge in [0.1, 0.15) is 11.5 Å². The number of methoxy groups -OCH3 is 2. The van der Waals surface area contributed by atoms with Crippen LogP contribution in [0.4, 0.5) is 0 Å². The van der Waals surface area contributed by atoms with Crippen molar-refractivity contribution in [2.75, 3.05) is 20.8 Å².